The molecule has 3 aromatic rings. The van der Waals surface area contributed by atoms with E-state index in [-0.39, 0.29) is 16.8 Å². The zero-order chi connectivity index (χ0) is 21.9. The van der Waals surface area contributed by atoms with Gasteiger partial charge >= 0.3 is 0 Å². The summed E-state index contributed by atoms with van der Waals surface area (Å²) in [6.45, 7) is 5.98. The predicted octanol–water partition coefficient (Wildman–Crippen LogP) is 5.25. The van der Waals surface area contributed by atoms with E-state index in [0.29, 0.717) is 16.3 Å². The number of carbonyl (C=O) groups is 1. The molecule has 0 aliphatic heterocycles. The lowest BCUT2D eigenvalue weighted by Gasteiger charge is -2.16. The van der Waals surface area contributed by atoms with Crippen molar-refractivity contribution >= 4 is 33.2 Å². The normalized spacial score (nSPS) is 12.3. The number of benzene rings is 3. The van der Waals surface area contributed by atoms with Crippen LogP contribution in [0.3, 0.4) is 0 Å². The number of rotatable bonds is 6. The van der Waals surface area contributed by atoms with E-state index in [4.69, 9.17) is 11.6 Å². The topological polar surface area (TPSA) is 75.3 Å². The molecule has 0 unspecified atom stereocenters. The molecule has 0 bridgehead atoms. The van der Waals surface area contributed by atoms with E-state index in [1.54, 1.807) is 18.2 Å². The lowest BCUT2D eigenvalue weighted by molar-refractivity contribution is 0.0940. The summed E-state index contributed by atoms with van der Waals surface area (Å²) in [5.41, 5.74) is 4.02. The maximum atomic E-state index is 12.7. The zero-order valence-electron chi connectivity index (χ0n) is 16.9. The largest absolute Gasteiger partial charge is 0.346 e. The smallest absolute Gasteiger partial charge is 0.261 e. The van der Waals surface area contributed by atoms with Gasteiger partial charge in [-0.3, -0.25) is 9.52 Å². The minimum Gasteiger partial charge on any atom is -0.346 e. The number of nitrogens with one attached hydrogen (secondary N) is 2. The third-order valence-corrected chi connectivity index (χ3v) is 6.53. The van der Waals surface area contributed by atoms with Crippen LogP contribution in [0.1, 0.15) is 40.0 Å². The fourth-order valence-electron chi connectivity index (χ4n) is 2.95. The van der Waals surface area contributed by atoms with Crippen LogP contribution in [0.4, 0.5) is 5.69 Å². The number of aryl methyl sites for hydroxylation is 2. The fourth-order valence-corrected chi connectivity index (χ4v) is 4.12. The van der Waals surface area contributed by atoms with Crippen LogP contribution >= 0.6 is 11.6 Å². The second-order valence-corrected chi connectivity index (χ2v) is 9.30. The van der Waals surface area contributed by atoms with Crippen LogP contribution in [0.15, 0.2) is 71.6 Å². The Bertz CT molecular complexity index is 1180. The average molecular weight is 443 g/mol. The molecular weight excluding hydrogens is 420 g/mol. The molecule has 0 saturated carbocycles. The summed E-state index contributed by atoms with van der Waals surface area (Å²) >= 11 is 5.82. The van der Waals surface area contributed by atoms with Crippen molar-refractivity contribution < 1.29 is 13.2 Å². The molecule has 0 aromatic heterocycles. The second kappa shape index (κ2) is 8.90. The first kappa shape index (κ1) is 21.9. The minimum absolute atomic E-state index is 0.0881. The molecule has 0 saturated heterocycles. The van der Waals surface area contributed by atoms with Crippen LogP contribution in [-0.4, -0.2) is 14.3 Å². The van der Waals surface area contributed by atoms with Crippen LogP contribution in [0.5, 0.6) is 0 Å². The highest BCUT2D eigenvalue weighted by atomic mass is 35.5. The summed E-state index contributed by atoms with van der Waals surface area (Å²) in [5, 5.41) is 3.41. The van der Waals surface area contributed by atoms with Gasteiger partial charge in [-0.2, -0.15) is 0 Å². The van der Waals surface area contributed by atoms with Crippen molar-refractivity contribution in [1.29, 1.82) is 0 Å². The standard InChI is InChI=1S/C23H23ClN2O3S/c1-15-7-8-18(13-16(15)2)17(3)25-23(27)19-5-4-6-21(14-19)26-30(28,29)22-11-9-20(24)10-12-22/h4-14,17,26H,1-3H3,(H,25,27)/t17-/m1/s1. The van der Waals surface area contributed by atoms with Gasteiger partial charge in [-0.25, -0.2) is 8.42 Å². The lowest BCUT2D eigenvalue weighted by atomic mass is 10.0. The van der Waals surface area contributed by atoms with Crippen molar-refractivity contribution in [3.05, 3.63) is 94.0 Å². The Labute approximate surface area is 182 Å². The number of hydrogen-bond donors (Lipinski definition) is 2. The highest BCUT2D eigenvalue weighted by Gasteiger charge is 2.16. The number of sulfonamides is 1. The van der Waals surface area contributed by atoms with Gasteiger partial charge in [-0.15, -0.1) is 0 Å². The quantitative estimate of drug-likeness (QED) is 0.547. The van der Waals surface area contributed by atoms with Gasteiger partial charge in [-0.1, -0.05) is 35.9 Å². The first-order valence-corrected chi connectivity index (χ1v) is 11.3. The molecular formula is C23H23ClN2O3S. The van der Waals surface area contributed by atoms with Gasteiger partial charge in [0.25, 0.3) is 15.9 Å². The van der Waals surface area contributed by atoms with E-state index in [9.17, 15) is 13.2 Å². The Kier molecular flexibility index (Phi) is 6.48. The molecule has 2 N–H and O–H groups in total. The van der Waals surface area contributed by atoms with Crippen molar-refractivity contribution in [2.75, 3.05) is 4.72 Å². The predicted molar refractivity (Wildman–Crippen MR) is 120 cm³/mol. The molecule has 1 atom stereocenters. The molecule has 0 spiro atoms. The highest BCUT2D eigenvalue weighted by Crippen LogP contribution is 2.21. The van der Waals surface area contributed by atoms with E-state index >= 15 is 0 Å². The molecule has 1 amide bonds. The van der Waals surface area contributed by atoms with Crippen LogP contribution < -0.4 is 10.0 Å². The SMILES string of the molecule is Cc1ccc([C@@H](C)NC(=O)c2cccc(NS(=O)(=O)c3ccc(Cl)cc3)c2)cc1C. The van der Waals surface area contributed by atoms with Gasteiger partial charge in [0.15, 0.2) is 0 Å². The molecule has 5 nitrogen and oxygen atoms in total. The highest BCUT2D eigenvalue weighted by molar-refractivity contribution is 7.92. The molecule has 30 heavy (non-hydrogen) atoms. The minimum atomic E-state index is -3.79. The second-order valence-electron chi connectivity index (χ2n) is 7.18. The van der Waals surface area contributed by atoms with Crippen LogP contribution in [0.25, 0.3) is 0 Å². The Hall–Kier alpha value is -2.83. The molecule has 7 heteroatoms. The summed E-state index contributed by atoms with van der Waals surface area (Å²) in [4.78, 5) is 12.8. The Morgan fingerprint density at radius 1 is 0.933 bits per heavy atom. The van der Waals surface area contributed by atoms with Gasteiger partial charge in [0.2, 0.25) is 0 Å². The molecule has 3 rings (SSSR count). The Balaban J connectivity index is 1.75. The summed E-state index contributed by atoms with van der Waals surface area (Å²) < 4.78 is 27.6. The number of hydrogen-bond acceptors (Lipinski definition) is 3. The van der Waals surface area contributed by atoms with Gasteiger partial charge in [0.05, 0.1) is 10.9 Å². The van der Waals surface area contributed by atoms with Crippen LogP contribution in [-0.2, 0) is 10.0 Å². The van der Waals surface area contributed by atoms with Gasteiger partial charge < -0.3 is 5.32 Å². The maximum absolute atomic E-state index is 12.7. The van der Waals surface area contributed by atoms with Crippen molar-refractivity contribution in [2.45, 2.75) is 31.7 Å². The van der Waals surface area contributed by atoms with Crippen molar-refractivity contribution in [3.8, 4) is 0 Å². The van der Waals surface area contributed by atoms with Crippen LogP contribution in [0, 0.1) is 13.8 Å². The van der Waals surface area contributed by atoms with E-state index in [1.807, 2.05) is 32.9 Å². The zero-order valence-corrected chi connectivity index (χ0v) is 18.5. The average Bonchev–Trinajstić information content (AvgIpc) is 2.70. The first-order valence-electron chi connectivity index (χ1n) is 9.42. The number of carbonyl (C=O) groups excluding carboxylic acids is 1. The fraction of sp³-hybridized carbons (Fsp3) is 0.174. The Morgan fingerprint density at radius 3 is 2.30 bits per heavy atom. The van der Waals surface area contributed by atoms with Crippen molar-refractivity contribution in [2.24, 2.45) is 0 Å². The summed E-state index contributed by atoms with van der Waals surface area (Å²) in [7, 11) is -3.79. The molecule has 3 aromatic carbocycles. The van der Waals surface area contributed by atoms with Gasteiger partial charge in [-0.05, 0) is 79.9 Å². The first-order chi connectivity index (χ1) is 14.2. The van der Waals surface area contributed by atoms with E-state index in [1.165, 1.54) is 35.9 Å². The van der Waals surface area contributed by atoms with E-state index in [0.717, 1.165) is 11.1 Å². The third-order valence-electron chi connectivity index (χ3n) is 4.88. The number of halogens is 1. The maximum Gasteiger partial charge on any atom is 0.261 e. The molecule has 0 radical (unpaired) electrons. The third kappa shape index (κ3) is 5.20. The molecule has 0 heterocycles. The number of anilines is 1. The van der Waals surface area contributed by atoms with Crippen LogP contribution in [0.2, 0.25) is 5.02 Å². The summed E-state index contributed by atoms with van der Waals surface area (Å²) in [5.74, 6) is -0.284. The lowest BCUT2D eigenvalue weighted by Crippen LogP contribution is -2.26. The van der Waals surface area contributed by atoms with E-state index < -0.39 is 10.0 Å². The monoisotopic (exact) mass is 442 g/mol. The molecule has 0 aliphatic rings. The summed E-state index contributed by atoms with van der Waals surface area (Å²) in [6.07, 6.45) is 0. The van der Waals surface area contributed by atoms with Crippen molar-refractivity contribution in [1.82, 2.24) is 5.32 Å². The Morgan fingerprint density at radius 2 is 1.63 bits per heavy atom. The number of amides is 1. The van der Waals surface area contributed by atoms with E-state index in [2.05, 4.69) is 16.1 Å². The molecule has 156 valence electrons. The summed E-state index contributed by atoms with van der Waals surface area (Å²) in [6, 6.07) is 18.1. The van der Waals surface area contributed by atoms with Gasteiger partial charge in [0, 0.05) is 16.3 Å². The van der Waals surface area contributed by atoms with Gasteiger partial charge in [0.1, 0.15) is 0 Å². The molecule has 0 fully saturated rings. The van der Waals surface area contributed by atoms with Crippen molar-refractivity contribution in [3.63, 3.8) is 0 Å². The molecule has 0 aliphatic carbocycles.